The van der Waals surface area contributed by atoms with E-state index in [4.69, 9.17) is 11.6 Å². The number of rotatable bonds is 6. The van der Waals surface area contributed by atoms with E-state index >= 15 is 0 Å². The first-order valence-corrected chi connectivity index (χ1v) is 13.1. The molecule has 1 aliphatic heterocycles. The molecule has 1 aromatic carbocycles. The molecule has 0 radical (unpaired) electrons. The Bertz CT molecular complexity index is 1740. The van der Waals surface area contributed by atoms with Crippen molar-refractivity contribution in [2.75, 3.05) is 31.5 Å². The molecular weight excluding hydrogens is 561 g/mol. The molecule has 0 aliphatic carbocycles. The van der Waals surface area contributed by atoms with Crippen LogP contribution in [0.15, 0.2) is 55.2 Å². The van der Waals surface area contributed by atoms with E-state index in [-0.39, 0.29) is 28.7 Å². The van der Waals surface area contributed by atoms with E-state index in [0.717, 1.165) is 13.1 Å². The molecule has 41 heavy (non-hydrogen) atoms. The molecule has 0 atom stereocenters. The number of benzene rings is 1. The molecule has 1 aliphatic rings. The zero-order valence-electron chi connectivity index (χ0n) is 21.7. The van der Waals surface area contributed by atoms with Gasteiger partial charge in [-0.05, 0) is 24.3 Å². The highest BCUT2D eigenvalue weighted by Crippen LogP contribution is 2.37. The van der Waals surface area contributed by atoms with Crippen molar-refractivity contribution in [3.8, 4) is 11.3 Å². The monoisotopic (exact) mass is 584 g/mol. The van der Waals surface area contributed by atoms with E-state index < -0.39 is 11.9 Å². The molecule has 212 valence electrons. The Labute approximate surface area is 236 Å². The summed E-state index contributed by atoms with van der Waals surface area (Å²) in [5.41, 5.74) is 0.970. The molecule has 1 amide bonds. The van der Waals surface area contributed by atoms with Crippen LogP contribution in [0.3, 0.4) is 0 Å². The Kier molecular flexibility index (Phi) is 6.87. The lowest BCUT2D eigenvalue weighted by Gasteiger charge is -2.27. The average molecular weight is 585 g/mol. The number of amides is 1. The summed E-state index contributed by atoms with van der Waals surface area (Å²) < 4.78 is 46.4. The molecule has 15 heteroatoms. The third-order valence-corrected chi connectivity index (χ3v) is 7.16. The first-order chi connectivity index (χ1) is 19.7. The van der Waals surface area contributed by atoms with Crippen LogP contribution >= 0.6 is 11.6 Å². The van der Waals surface area contributed by atoms with E-state index in [9.17, 15) is 18.0 Å². The maximum absolute atomic E-state index is 14.0. The second-order valence-corrected chi connectivity index (χ2v) is 9.91. The van der Waals surface area contributed by atoms with Gasteiger partial charge in [0, 0.05) is 63.7 Å². The molecule has 5 aromatic rings. The largest absolute Gasteiger partial charge is 0.435 e. The predicted octanol–water partition coefficient (Wildman–Crippen LogP) is 3.84. The molecule has 11 nitrogen and oxygen atoms in total. The van der Waals surface area contributed by atoms with Gasteiger partial charge >= 0.3 is 6.18 Å². The van der Waals surface area contributed by atoms with Crippen molar-refractivity contribution in [3.63, 3.8) is 0 Å². The number of nitrogens with one attached hydrogen (secondary N) is 2. The van der Waals surface area contributed by atoms with Gasteiger partial charge in [0.05, 0.1) is 40.3 Å². The molecule has 0 spiro atoms. The number of imidazole rings is 1. The number of nitrogens with zero attached hydrogens (tertiary/aromatic N) is 8. The quantitative estimate of drug-likeness (QED) is 0.312. The minimum absolute atomic E-state index is 0.110. The summed E-state index contributed by atoms with van der Waals surface area (Å²) in [5, 5.41) is 14.5. The van der Waals surface area contributed by atoms with Crippen LogP contribution in [-0.2, 0) is 19.8 Å². The van der Waals surface area contributed by atoms with E-state index in [1.807, 2.05) is 0 Å². The maximum Gasteiger partial charge on any atom is 0.435 e. The Balaban J connectivity index is 1.31. The van der Waals surface area contributed by atoms with Gasteiger partial charge in [0.2, 0.25) is 0 Å². The van der Waals surface area contributed by atoms with E-state index in [2.05, 4.69) is 30.8 Å². The van der Waals surface area contributed by atoms with E-state index in [1.165, 1.54) is 33.9 Å². The number of halogens is 4. The van der Waals surface area contributed by atoms with Crippen LogP contribution in [0.5, 0.6) is 0 Å². The Morgan fingerprint density at radius 3 is 2.66 bits per heavy atom. The highest BCUT2D eigenvalue weighted by molar-refractivity contribution is 6.34. The fourth-order valence-corrected chi connectivity index (χ4v) is 5.03. The van der Waals surface area contributed by atoms with Crippen molar-refractivity contribution in [3.05, 3.63) is 77.2 Å². The van der Waals surface area contributed by atoms with Crippen LogP contribution in [0.1, 0.15) is 21.7 Å². The van der Waals surface area contributed by atoms with Gasteiger partial charge in [-0.2, -0.15) is 23.4 Å². The predicted molar refractivity (Wildman–Crippen MR) is 145 cm³/mol. The van der Waals surface area contributed by atoms with Crippen molar-refractivity contribution >= 4 is 34.7 Å². The van der Waals surface area contributed by atoms with Crippen LogP contribution in [0.2, 0.25) is 5.02 Å². The number of carbonyl (C=O) groups is 1. The molecule has 5 heterocycles. The zero-order chi connectivity index (χ0) is 28.7. The topological polar surface area (TPSA) is 110 Å². The van der Waals surface area contributed by atoms with E-state index in [1.54, 1.807) is 47.1 Å². The summed E-state index contributed by atoms with van der Waals surface area (Å²) in [6.07, 6.45) is 2.57. The lowest BCUT2D eigenvalue weighted by atomic mass is 10.1. The fourth-order valence-electron chi connectivity index (χ4n) is 4.77. The maximum atomic E-state index is 14.0. The molecule has 0 saturated carbocycles. The van der Waals surface area contributed by atoms with Crippen LogP contribution in [0.25, 0.3) is 16.9 Å². The number of aromatic nitrogens is 7. The Morgan fingerprint density at radius 2 is 1.95 bits per heavy atom. The van der Waals surface area contributed by atoms with Gasteiger partial charge in [-0.25, -0.2) is 9.97 Å². The smallest absolute Gasteiger partial charge is 0.337 e. The normalized spacial score (nSPS) is 14.1. The summed E-state index contributed by atoms with van der Waals surface area (Å²) in [5.74, 6) is 0.150. The highest BCUT2D eigenvalue weighted by atomic mass is 35.5. The van der Waals surface area contributed by atoms with Gasteiger partial charge in [-0.15, -0.1) is 0 Å². The molecule has 2 N–H and O–H groups in total. The van der Waals surface area contributed by atoms with Crippen molar-refractivity contribution < 1.29 is 18.0 Å². The summed E-state index contributed by atoms with van der Waals surface area (Å²) >= 11 is 6.47. The number of carbonyl (C=O) groups excluding carboxylic acids is 1. The lowest BCUT2D eigenvalue weighted by Crippen LogP contribution is -2.46. The molecular formula is C26H24ClF3N10O. The summed E-state index contributed by atoms with van der Waals surface area (Å²) in [6, 6.07) is 6.65. The zero-order valence-corrected chi connectivity index (χ0v) is 22.5. The molecule has 1 fully saturated rings. The third-order valence-electron chi connectivity index (χ3n) is 6.85. The minimum atomic E-state index is -4.69. The van der Waals surface area contributed by atoms with Crippen molar-refractivity contribution in [2.24, 2.45) is 7.05 Å². The summed E-state index contributed by atoms with van der Waals surface area (Å²) in [4.78, 5) is 23.3. The number of fused-ring (bicyclic) bond motifs is 1. The van der Waals surface area contributed by atoms with Gasteiger partial charge in [0.15, 0.2) is 17.2 Å². The van der Waals surface area contributed by atoms with E-state index in [0.29, 0.717) is 41.5 Å². The number of hydrogen-bond donors (Lipinski definition) is 2. The van der Waals surface area contributed by atoms with Crippen molar-refractivity contribution in [1.29, 1.82) is 0 Å². The lowest BCUT2D eigenvalue weighted by molar-refractivity contribution is -0.141. The van der Waals surface area contributed by atoms with Gasteiger partial charge in [-0.3, -0.25) is 18.6 Å². The van der Waals surface area contributed by atoms with Crippen molar-refractivity contribution in [2.45, 2.75) is 12.7 Å². The van der Waals surface area contributed by atoms with Gasteiger partial charge < -0.3 is 15.5 Å². The summed E-state index contributed by atoms with van der Waals surface area (Å²) in [6.45, 7) is 2.75. The molecule has 6 rings (SSSR count). The first kappa shape index (κ1) is 26.8. The first-order valence-electron chi connectivity index (χ1n) is 12.7. The number of anilines is 2. The van der Waals surface area contributed by atoms with Crippen LogP contribution in [0, 0.1) is 0 Å². The number of alkyl halides is 3. The van der Waals surface area contributed by atoms with Crippen molar-refractivity contribution in [1.82, 2.24) is 44.1 Å². The Morgan fingerprint density at radius 1 is 1.15 bits per heavy atom. The highest BCUT2D eigenvalue weighted by Gasteiger charge is 2.38. The minimum Gasteiger partial charge on any atom is -0.337 e. The molecule has 1 saturated heterocycles. The standard InChI is InChI=1S/C26H24ClF3N10O/c1-37-17(4-5-34-37)14-39-15-19(22(36-39)26(28,29)30)21-13-33-24-23(32-8-11-40(21)24)35-16-2-3-18(20(27)12-16)25(41)38-9-6-31-7-10-38/h2-5,8,11-13,15,31H,6-7,9-10,14H2,1H3,(H,32,35). The summed E-state index contributed by atoms with van der Waals surface area (Å²) in [7, 11) is 1.71. The molecule has 0 bridgehead atoms. The SMILES string of the molecule is Cn1nccc1Cn1cc(-c2cnc3c(Nc4ccc(C(=O)N5CCNCC5)c(Cl)c4)nccn23)c(C(F)(F)F)n1. The van der Waals surface area contributed by atoms with Crippen LogP contribution in [-0.4, -0.2) is 70.9 Å². The van der Waals surface area contributed by atoms with Gasteiger partial charge in [0.25, 0.3) is 5.91 Å². The Hall–Kier alpha value is -4.43. The fraction of sp³-hybridized carbons (Fsp3) is 0.269. The van der Waals surface area contributed by atoms with Gasteiger partial charge in [-0.1, -0.05) is 11.6 Å². The second-order valence-electron chi connectivity index (χ2n) is 9.51. The third kappa shape index (κ3) is 5.23. The average Bonchev–Trinajstić information content (AvgIpc) is 3.68. The van der Waals surface area contributed by atoms with Crippen LogP contribution in [0.4, 0.5) is 24.7 Å². The molecule has 4 aromatic heterocycles. The number of aryl methyl sites for hydroxylation is 1. The molecule has 0 unspecified atom stereocenters. The van der Waals surface area contributed by atoms with Gasteiger partial charge in [0.1, 0.15) is 0 Å². The van der Waals surface area contributed by atoms with Crippen LogP contribution < -0.4 is 10.6 Å². The number of hydrogen-bond acceptors (Lipinski definition) is 7. The second kappa shape index (κ2) is 10.5. The number of piperazine rings is 1.